The van der Waals surface area contributed by atoms with E-state index in [-0.39, 0.29) is 11.2 Å². The number of rotatable bonds is 4. The van der Waals surface area contributed by atoms with Gasteiger partial charge in [-0.15, -0.1) is 0 Å². The Morgan fingerprint density at radius 3 is 2.24 bits per heavy atom. The zero-order valence-corrected chi connectivity index (χ0v) is 16.3. The largest absolute Gasteiger partial charge is 0.317 e. The van der Waals surface area contributed by atoms with Crippen LogP contribution in [0.4, 0.5) is 0 Å². The SMILES string of the molecule is CC(C)(C)N1CCCOP1(=O)[C@@H](Cc1ccccc1)c1ccccc1. The minimum Gasteiger partial charge on any atom is -0.317 e. The van der Waals surface area contributed by atoms with Crippen molar-refractivity contribution in [1.29, 1.82) is 0 Å². The molecule has 1 saturated heterocycles. The summed E-state index contributed by atoms with van der Waals surface area (Å²) in [6.07, 6.45) is 1.64. The molecule has 0 saturated carbocycles. The maximum absolute atomic E-state index is 14.2. The summed E-state index contributed by atoms with van der Waals surface area (Å²) in [5.41, 5.74) is 1.93. The van der Waals surface area contributed by atoms with Crippen LogP contribution in [0.5, 0.6) is 0 Å². The summed E-state index contributed by atoms with van der Waals surface area (Å²) in [4.78, 5) is 0. The van der Waals surface area contributed by atoms with Crippen molar-refractivity contribution in [2.24, 2.45) is 0 Å². The van der Waals surface area contributed by atoms with Crippen LogP contribution in [0.2, 0.25) is 0 Å². The monoisotopic (exact) mass is 357 g/mol. The van der Waals surface area contributed by atoms with Gasteiger partial charge >= 0.3 is 0 Å². The highest BCUT2D eigenvalue weighted by Gasteiger charge is 2.47. The highest BCUT2D eigenvalue weighted by molar-refractivity contribution is 7.57. The van der Waals surface area contributed by atoms with Gasteiger partial charge in [0.2, 0.25) is 0 Å². The van der Waals surface area contributed by atoms with Crippen LogP contribution >= 0.6 is 7.52 Å². The van der Waals surface area contributed by atoms with Gasteiger partial charge in [-0.05, 0) is 44.7 Å². The summed E-state index contributed by atoms with van der Waals surface area (Å²) in [6.45, 7) is 7.76. The maximum atomic E-state index is 14.2. The highest BCUT2D eigenvalue weighted by atomic mass is 31.2. The van der Waals surface area contributed by atoms with E-state index in [0.29, 0.717) is 13.0 Å². The second-order valence-electron chi connectivity index (χ2n) is 7.66. The third-order valence-electron chi connectivity index (χ3n) is 4.75. The molecule has 3 nitrogen and oxygen atoms in total. The Morgan fingerprint density at radius 2 is 1.64 bits per heavy atom. The van der Waals surface area contributed by atoms with E-state index in [2.05, 4.69) is 49.7 Å². The molecule has 2 aromatic carbocycles. The second kappa shape index (κ2) is 7.45. The Morgan fingerprint density at radius 1 is 1.04 bits per heavy atom. The molecule has 0 aromatic heterocycles. The van der Waals surface area contributed by atoms with Crippen LogP contribution in [0.25, 0.3) is 0 Å². The second-order valence-corrected chi connectivity index (χ2v) is 10.2. The minimum absolute atomic E-state index is 0.157. The van der Waals surface area contributed by atoms with Crippen molar-refractivity contribution in [1.82, 2.24) is 4.67 Å². The predicted octanol–water partition coefficient (Wildman–Crippen LogP) is 5.68. The molecule has 1 heterocycles. The molecular weight excluding hydrogens is 329 g/mol. The molecule has 134 valence electrons. The molecular formula is C21H28NO2P. The van der Waals surface area contributed by atoms with Crippen molar-refractivity contribution >= 4 is 7.52 Å². The van der Waals surface area contributed by atoms with Gasteiger partial charge in [0, 0.05) is 12.1 Å². The van der Waals surface area contributed by atoms with Gasteiger partial charge in [-0.25, -0.2) is 4.67 Å². The van der Waals surface area contributed by atoms with Crippen LogP contribution in [0.3, 0.4) is 0 Å². The van der Waals surface area contributed by atoms with Crippen molar-refractivity contribution in [2.45, 2.75) is 44.8 Å². The molecule has 1 unspecified atom stereocenters. The van der Waals surface area contributed by atoms with Gasteiger partial charge in [0.1, 0.15) is 0 Å². The molecule has 4 heteroatoms. The van der Waals surface area contributed by atoms with Crippen LogP contribution in [-0.2, 0) is 15.5 Å². The van der Waals surface area contributed by atoms with Crippen molar-refractivity contribution in [2.75, 3.05) is 13.2 Å². The van der Waals surface area contributed by atoms with E-state index >= 15 is 0 Å². The van der Waals surface area contributed by atoms with Gasteiger partial charge < -0.3 is 4.52 Å². The first kappa shape index (κ1) is 18.4. The summed E-state index contributed by atoms with van der Waals surface area (Å²) in [7, 11) is -3.01. The fourth-order valence-electron chi connectivity index (χ4n) is 3.56. The molecule has 0 aliphatic carbocycles. The number of hydrogen-bond acceptors (Lipinski definition) is 2. The molecule has 0 radical (unpaired) electrons. The Labute approximate surface area is 151 Å². The average molecular weight is 357 g/mol. The number of hydrogen-bond donors (Lipinski definition) is 0. The predicted molar refractivity (Wildman–Crippen MR) is 104 cm³/mol. The van der Waals surface area contributed by atoms with Crippen LogP contribution in [-0.4, -0.2) is 23.4 Å². The zero-order valence-electron chi connectivity index (χ0n) is 15.4. The smallest absolute Gasteiger partial charge is 0.280 e. The van der Waals surface area contributed by atoms with Gasteiger partial charge in [0.15, 0.2) is 0 Å². The van der Waals surface area contributed by atoms with Crippen LogP contribution in [0.15, 0.2) is 60.7 Å². The van der Waals surface area contributed by atoms with E-state index in [1.165, 1.54) is 5.56 Å². The normalized spacial score (nSPS) is 23.3. The number of benzene rings is 2. The van der Waals surface area contributed by atoms with Gasteiger partial charge in [-0.2, -0.15) is 0 Å². The summed E-state index contributed by atoms with van der Waals surface area (Å²) in [5, 5.41) is 0. The van der Waals surface area contributed by atoms with Crippen molar-refractivity contribution in [3.05, 3.63) is 71.8 Å². The fraction of sp³-hybridized carbons (Fsp3) is 0.429. The maximum Gasteiger partial charge on any atom is 0.280 e. The Hall–Kier alpha value is -1.41. The van der Waals surface area contributed by atoms with Gasteiger partial charge in [0.25, 0.3) is 7.52 Å². The molecule has 0 bridgehead atoms. The van der Waals surface area contributed by atoms with Gasteiger partial charge in [0.05, 0.1) is 12.3 Å². The lowest BCUT2D eigenvalue weighted by molar-refractivity contribution is 0.140. The Kier molecular flexibility index (Phi) is 5.48. The van der Waals surface area contributed by atoms with E-state index in [1.54, 1.807) is 0 Å². The standard InChI is InChI=1S/C21H28NO2P/c1-21(2,3)22-15-10-16-24-25(22,23)20(19-13-8-5-9-14-19)17-18-11-6-4-7-12-18/h4-9,11-14,20H,10,15-17H2,1-3H3/t20-,25?/m0/s1. The molecule has 3 rings (SSSR count). The summed E-state index contributed by atoms with van der Waals surface area (Å²) < 4.78 is 22.4. The first-order chi connectivity index (χ1) is 11.9. The summed E-state index contributed by atoms with van der Waals surface area (Å²) in [6, 6.07) is 20.5. The Bertz CT molecular complexity index is 725. The summed E-state index contributed by atoms with van der Waals surface area (Å²) in [5.74, 6) is 0. The molecule has 25 heavy (non-hydrogen) atoms. The topological polar surface area (TPSA) is 29.5 Å². The quantitative estimate of drug-likeness (QED) is 0.659. The lowest BCUT2D eigenvalue weighted by atomic mass is 10.0. The molecule has 1 fully saturated rings. The molecule has 0 spiro atoms. The molecule has 2 atom stereocenters. The first-order valence-corrected chi connectivity index (χ1v) is 10.7. The van der Waals surface area contributed by atoms with Crippen molar-refractivity contribution < 1.29 is 9.09 Å². The average Bonchev–Trinajstić information content (AvgIpc) is 2.60. The van der Waals surface area contributed by atoms with Crippen LogP contribution in [0, 0.1) is 0 Å². The lowest BCUT2D eigenvalue weighted by Crippen LogP contribution is -2.44. The molecule has 0 N–H and O–H groups in total. The summed E-state index contributed by atoms with van der Waals surface area (Å²) >= 11 is 0. The van der Waals surface area contributed by atoms with E-state index in [4.69, 9.17) is 4.52 Å². The van der Waals surface area contributed by atoms with E-state index < -0.39 is 7.52 Å². The lowest BCUT2D eigenvalue weighted by Gasteiger charge is -2.46. The minimum atomic E-state index is -3.01. The molecule has 2 aromatic rings. The van der Waals surface area contributed by atoms with Crippen molar-refractivity contribution in [3.63, 3.8) is 0 Å². The van der Waals surface area contributed by atoms with Crippen molar-refractivity contribution in [3.8, 4) is 0 Å². The molecule has 1 aliphatic heterocycles. The highest BCUT2D eigenvalue weighted by Crippen LogP contribution is 2.67. The third-order valence-corrected chi connectivity index (χ3v) is 8.05. The van der Waals surface area contributed by atoms with E-state index in [1.807, 2.05) is 36.4 Å². The molecule has 1 aliphatic rings. The number of nitrogens with zero attached hydrogens (tertiary/aromatic N) is 1. The Balaban J connectivity index is 2.04. The van der Waals surface area contributed by atoms with E-state index in [9.17, 15) is 4.57 Å². The zero-order chi connectivity index (χ0) is 17.9. The van der Waals surface area contributed by atoms with E-state index in [0.717, 1.165) is 18.5 Å². The van der Waals surface area contributed by atoms with Crippen LogP contribution < -0.4 is 0 Å². The molecule has 0 amide bonds. The van der Waals surface area contributed by atoms with Gasteiger partial charge in [-0.1, -0.05) is 60.7 Å². The van der Waals surface area contributed by atoms with Gasteiger partial charge in [-0.3, -0.25) is 4.57 Å². The van der Waals surface area contributed by atoms with Crippen LogP contribution in [0.1, 0.15) is 44.0 Å². The fourth-order valence-corrected chi connectivity index (χ4v) is 6.86. The first-order valence-electron chi connectivity index (χ1n) is 9.02. The third kappa shape index (κ3) is 4.06.